The Kier molecular flexibility index (Phi) is 8.57. The van der Waals surface area contributed by atoms with Gasteiger partial charge in [0.2, 0.25) is 0 Å². The topological polar surface area (TPSA) is 60.0 Å². The molecule has 3 aliphatic rings. The van der Waals surface area contributed by atoms with Crippen LogP contribution in [-0.4, -0.2) is 63.0 Å². The number of carbonyl (C=O) groups excluding carboxylic acids is 1. The number of likely N-dealkylation sites (tertiary alicyclic amines) is 1. The average molecular weight is 493 g/mol. The number of aryl methyl sites for hydroxylation is 1. The molecule has 2 aromatic rings. The Bertz CT molecular complexity index is 995. The van der Waals surface area contributed by atoms with Crippen molar-refractivity contribution in [2.45, 2.75) is 63.6 Å². The van der Waals surface area contributed by atoms with E-state index in [0.29, 0.717) is 18.1 Å². The lowest BCUT2D eigenvalue weighted by Gasteiger charge is -2.32. The van der Waals surface area contributed by atoms with Crippen LogP contribution in [-0.2, 0) is 28.9 Å². The quantitative estimate of drug-likeness (QED) is 0.563. The molecule has 2 heterocycles. The molecule has 36 heavy (non-hydrogen) atoms. The number of fused-ring (bicyclic) bond motifs is 1. The Morgan fingerprint density at radius 2 is 1.86 bits per heavy atom. The smallest absolute Gasteiger partial charge is 0.251 e. The largest absolute Gasteiger partial charge is 0.491 e. The van der Waals surface area contributed by atoms with Gasteiger partial charge in [-0.1, -0.05) is 18.2 Å². The van der Waals surface area contributed by atoms with Crippen molar-refractivity contribution >= 4 is 5.91 Å². The minimum absolute atomic E-state index is 0.0115. The molecular weight excluding hydrogens is 452 g/mol. The molecule has 0 unspecified atom stereocenters. The molecule has 0 radical (unpaired) electrons. The number of hydrogen-bond acceptors (Lipinski definition) is 5. The molecule has 0 bridgehead atoms. The fourth-order valence-electron chi connectivity index (χ4n) is 5.77. The molecule has 5 rings (SSSR count). The molecule has 1 aliphatic carbocycles. The third-order valence-corrected chi connectivity index (χ3v) is 7.93. The molecule has 1 amide bonds. The average Bonchev–Trinajstić information content (AvgIpc) is 3.43. The second-order valence-electron chi connectivity index (χ2n) is 10.7. The summed E-state index contributed by atoms with van der Waals surface area (Å²) in [5, 5.41) is 3.25. The molecule has 1 N–H and O–H groups in total. The number of rotatable bonds is 9. The van der Waals surface area contributed by atoms with Crippen molar-refractivity contribution in [2.24, 2.45) is 5.92 Å². The van der Waals surface area contributed by atoms with Crippen molar-refractivity contribution in [3.05, 3.63) is 64.7 Å². The van der Waals surface area contributed by atoms with E-state index in [1.54, 1.807) is 7.11 Å². The fourth-order valence-corrected chi connectivity index (χ4v) is 5.77. The second-order valence-corrected chi connectivity index (χ2v) is 10.7. The van der Waals surface area contributed by atoms with Gasteiger partial charge in [-0.3, -0.25) is 9.69 Å². The highest BCUT2D eigenvalue weighted by atomic mass is 16.5. The van der Waals surface area contributed by atoms with E-state index in [4.69, 9.17) is 14.2 Å². The Morgan fingerprint density at radius 3 is 2.61 bits per heavy atom. The number of amides is 1. The Hall–Kier alpha value is -2.41. The van der Waals surface area contributed by atoms with Crippen molar-refractivity contribution in [2.75, 3.05) is 40.0 Å². The molecule has 194 valence electrons. The minimum Gasteiger partial charge on any atom is -0.491 e. The maximum Gasteiger partial charge on any atom is 0.251 e. The molecule has 2 atom stereocenters. The van der Waals surface area contributed by atoms with E-state index in [9.17, 15) is 4.79 Å². The zero-order valence-electron chi connectivity index (χ0n) is 21.5. The number of hydrogen-bond donors (Lipinski definition) is 1. The first-order chi connectivity index (χ1) is 17.7. The number of carbonyl (C=O) groups is 1. The summed E-state index contributed by atoms with van der Waals surface area (Å²) >= 11 is 0. The SMILES string of the molecule is COCC1CCN(Cc2ccc3c(c2)CC[C@H](NC(=O)c2ccc(OC[C@@H]4CCCO4)cc2)C3)CC1. The van der Waals surface area contributed by atoms with E-state index in [-0.39, 0.29) is 18.1 Å². The number of piperidine rings is 1. The van der Waals surface area contributed by atoms with Crippen molar-refractivity contribution < 1.29 is 19.0 Å². The lowest BCUT2D eigenvalue weighted by molar-refractivity contribution is 0.0679. The highest BCUT2D eigenvalue weighted by molar-refractivity contribution is 5.94. The third kappa shape index (κ3) is 6.67. The van der Waals surface area contributed by atoms with Gasteiger partial charge in [0.1, 0.15) is 12.4 Å². The Balaban J connectivity index is 1.09. The maximum absolute atomic E-state index is 12.9. The minimum atomic E-state index is -0.0115. The van der Waals surface area contributed by atoms with E-state index < -0.39 is 0 Å². The van der Waals surface area contributed by atoms with Crippen molar-refractivity contribution in [3.8, 4) is 5.75 Å². The van der Waals surface area contributed by atoms with Gasteiger partial charge in [0.05, 0.1) is 6.10 Å². The van der Waals surface area contributed by atoms with Crippen LogP contribution in [0.4, 0.5) is 0 Å². The standard InChI is InChI=1S/C30H40N2O4/c1-34-20-22-12-14-32(15-13-22)19-23-4-5-26-18-27(9-6-25(26)17-23)31-30(33)24-7-10-28(11-8-24)36-21-29-3-2-16-35-29/h4-5,7-8,10-11,17,22,27,29H,2-3,6,9,12-16,18-21H2,1H3,(H,31,33)/t27-,29-/m0/s1. The maximum atomic E-state index is 12.9. The fraction of sp³-hybridized carbons (Fsp3) is 0.567. The summed E-state index contributed by atoms with van der Waals surface area (Å²) in [6.45, 7) is 5.62. The van der Waals surface area contributed by atoms with Crippen LogP contribution >= 0.6 is 0 Å². The number of nitrogens with zero attached hydrogens (tertiary/aromatic N) is 1. The first-order valence-corrected chi connectivity index (χ1v) is 13.6. The molecule has 0 saturated carbocycles. The molecule has 2 aliphatic heterocycles. The van der Waals surface area contributed by atoms with Gasteiger partial charge in [0.25, 0.3) is 5.91 Å². The summed E-state index contributed by atoms with van der Waals surface area (Å²) < 4.78 is 16.8. The third-order valence-electron chi connectivity index (χ3n) is 7.93. The monoisotopic (exact) mass is 492 g/mol. The van der Waals surface area contributed by atoms with Gasteiger partial charge in [-0.15, -0.1) is 0 Å². The van der Waals surface area contributed by atoms with Crippen LogP contribution < -0.4 is 10.1 Å². The van der Waals surface area contributed by atoms with Gasteiger partial charge in [-0.25, -0.2) is 0 Å². The highest BCUT2D eigenvalue weighted by Crippen LogP contribution is 2.25. The summed E-state index contributed by atoms with van der Waals surface area (Å²) in [5.41, 5.74) is 4.89. The lowest BCUT2D eigenvalue weighted by Crippen LogP contribution is -2.39. The van der Waals surface area contributed by atoms with E-state index in [2.05, 4.69) is 28.4 Å². The van der Waals surface area contributed by atoms with Gasteiger partial charge in [0, 0.05) is 38.5 Å². The number of nitrogens with one attached hydrogen (secondary N) is 1. The number of benzene rings is 2. The number of methoxy groups -OCH3 is 1. The Labute approximate surface area is 215 Å². The first kappa shape index (κ1) is 25.2. The van der Waals surface area contributed by atoms with Gasteiger partial charge in [-0.05, 0) is 105 Å². The normalized spacial score (nSPS) is 22.8. The molecule has 6 heteroatoms. The summed E-state index contributed by atoms with van der Waals surface area (Å²) in [6, 6.07) is 14.6. The van der Waals surface area contributed by atoms with Crippen LogP contribution in [0.15, 0.2) is 42.5 Å². The van der Waals surface area contributed by atoms with Crippen LogP contribution in [0.5, 0.6) is 5.75 Å². The predicted octanol–water partition coefficient (Wildman–Crippen LogP) is 4.39. The van der Waals surface area contributed by atoms with Gasteiger partial charge in [-0.2, -0.15) is 0 Å². The van der Waals surface area contributed by atoms with Crippen LogP contribution in [0.25, 0.3) is 0 Å². The molecule has 0 spiro atoms. The van der Waals surface area contributed by atoms with Crippen molar-refractivity contribution in [1.82, 2.24) is 10.2 Å². The van der Waals surface area contributed by atoms with Crippen LogP contribution in [0.2, 0.25) is 0 Å². The highest BCUT2D eigenvalue weighted by Gasteiger charge is 2.23. The number of ether oxygens (including phenoxy) is 3. The summed E-state index contributed by atoms with van der Waals surface area (Å²) in [6.07, 6.45) is 7.70. The van der Waals surface area contributed by atoms with Crippen molar-refractivity contribution in [3.63, 3.8) is 0 Å². The predicted molar refractivity (Wildman–Crippen MR) is 141 cm³/mol. The van der Waals surface area contributed by atoms with Crippen LogP contribution in [0.3, 0.4) is 0 Å². The molecule has 2 fully saturated rings. The molecular formula is C30H40N2O4. The van der Waals surface area contributed by atoms with Crippen LogP contribution in [0.1, 0.15) is 59.2 Å². The lowest BCUT2D eigenvalue weighted by atomic mass is 9.87. The van der Waals surface area contributed by atoms with Gasteiger partial charge < -0.3 is 19.5 Å². The van der Waals surface area contributed by atoms with Crippen LogP contribution in [0, 0.1) is 5.92 Å². The van der Waals surface area contributed by atoms with E-state index >= 15 is 0 Å². The summed E-state index contributed by atoms with van der Waals surface area (Å²) in [7, 11) is 1.80. The molecule has 6 nitrogen and oxygen atoms in total. The zero-order valence-corrected chi connectivity index (χ0v) is 21.5. The second kappa shape index (κ2) is 12.2. The zero-order chi connectivity index (χ0) is 24.7. The van der Waals surface area contributed by atoms with Gasteiger partial charge in [0.15, 0.2) is 0 Å². The molecule has 2 saturated heterocycles. The summed E-state index contributed by atoms with van der Waals surface area (Å²) in [5.74, 6) is 1.48. The van der Waals surface area contributed by atoms with E-state index in [1.807, 2.05) is 24.3 Å². The molecule has 0 aromatic heterocycles. The Morgan fingerprint density at radius 1 is 1.03 bits per heavy atom. The van der Waals surface area contributed by atoms with Gasteiger partial charge >= 0.3 is 0 Å². The van der Waals surface area contributed by atoms with E-state index in [0.717, 1.165) is 70.7 Å². The first-order valence-electron chi connectivity index (χ1n) is 13.6. The van der Waals surface area contributed by atoms with Crippen molar-refractivity contribution in [1.29, 1.82) is 0 Å². The van der Waals surface area contributed by atoms with E-state index in [1.165, 1.54) is 29.5 Å². The molecule has 2 aromatic carbocycles. The summed E-state index contributed by atoms with van der Waals surface area (Å²) in [4.78, 5) is 15.4.